The maximum Gasteiger partial charge on any atom is 0.0848 e. The zero-order valence-electron chi connectivity index (χ0n) is 12.0. The molecule has 0 spiro atoms. The fourth-order valence-corrected chi connectivity index (χ4v) is 3.13. The van der Waals surface area contributed by atoms with Gasteiger partial charge in [0.25, 0.3) is 0 Å². The fourth-order valence-electron chi connectivity index (χ4n) is 3.13. The predicted molar refractivity (Wildman–Crippen MR) is 79.6 cm³/mol. The standard InChI is InChI=1S/C17H22N2O/c1-13-6-2-5-9-16(13)17(20)12-14-10-11-19(18-14)15-7-3-4-8-15/h2,5-6,9-11,15,17,20H,3-4,7-8,12H2,1H3. The Bertz CT molecular complexity index is 570. The number of aliphatic hydroxyl groups is 1. The van der Waals surface area contributed by atoms with Gasteiger partial charge in [-0.25, -0.2) is 0 Å². The molecule has 0 saturated heterocycles. The average molecular weight is 270 g/mol. The summed E-state index contributed by atoms with van der Waals surface area (Å²) in [6, 6.07) is 10.6. The van der Waals surface area contributed by atoms with Crippen molar-refractivity contribution in [3.8, 4) is 0 Å². The van der Waals surface area contributed by atoms with Gasteiger partial charge in [0.1, 0.15) is 0 Å². The molecule has 1 aliphatic rings. The third-order valence-electron chi connectivity index (χ3n) is 4.31. The molecule has 1 atom stereocenters. The van der Waals surface area contributed by atoms with Crippen LogP contribution in [0.4, 0.5) is 0 Å². The maximum atomic E-state index is 10.4. The van der Waals surface area contributed by atoms with E-state index in [1.165, 1.54) is 25.7 Å². The Kier molecular flexibility index (Phi) is 3.88. The second-order valence-electron chi connectivity index (χ2n) is 5.80. The van der Waals surface area contributed by atoms with E-state index in [1.807, 2.05) is 37.3 Å². The van der Waals surface area contributed by atoms with E-state index in [4.69, 9.17) is 0 Å². The molecule has 1 unspecified atom stereocenters. The number of hydrogen-bond donors (Lipinski definition) is 1. The summed E-state index contributed by atoms with van der Waals surface area (Å²) in [5.41, 5.74) is 3.12. The molecule has 1 aromatic carbocycles. The van der Waals surface area contributed by atoms with Gasteiger partial charge in [0.05, 0.1) is 17.8 Å². The largest absolute Gasteiger partial charge is 0.388 e. The smallest absolute Gasteiger partial charge is 0.0848 e. The van der Waals surface area contributed by atoms with Crippen molar-refractivity contribution in [3.05, 3.63) is 53.3 Å². The highest BCUT2D eigenvalue weighted by Crippen LogP contribution is 2.29. The molecule has 3 rings (SSSR count). The molecule has 0 radical (unpaired) electrons. The summed E-state index contributed by atoms with van der Waals surface area (Å²) >= 11 is 0. The average Bonchev–Trinajstić information content (AvgIpc) is 3.09. The van der Waals surface area contributed by atoms with Crippen LogP contribution >= 0.6 is 0 Å². The lowest BCUT2D eigenvalue weighted by Gasteiger charge is -2.13. The van der Waals surface area contributed by atoms with Crippen molar-refractivity contribution >= 4 is 0 Å². The van der Waals surface area contributed by atoms with Gasteiger partial charge in [-0.05, 0) is 37.0 Å². The van der Waals surface area contributed by atoms with Crippen LogP contribution < -0.4 is 0 Å². The Morgan fingerprint density at radius 1 is 1.25 bits per heavy atom. The van der Waals surface area contributed by atoms with E-state index in [9.17, 15) is 5.11 Å². The summed E-state index contributed by atoms with van der Waals surface area (Å²) < 4.78 is 2.09. The van der Waals surface area contributed by atoms with Crippen molar-refractivity contribution in [1.82, 2.24) is 9.78 Å². The van der Waals surface area contributed by atoms with Gasteiger partial charge in [-0.2, -0.15) is 5.10 Å². The van der Waals surface area contributed by atoms with Gasteiger partial charge in [-0.15, -0.1) is 0 Å². The molecule has 20 heavy (non-hydrogen) atoms. The highest BCUT2D eigenvalue weighted by Gasteiger charge is 2.18. The number of aliphatic hydroxyl groups excluding tert-OH is 1. The van der Waals surface area contributed by atoms with Crippen LogP contribution in [0.1, 0.15) is 54.6 Å². The van der Waals surface area contributed by atoms with E-state index in [1.54, 1.807) is 0 Å². The Hall–Kier alpha value is -1.61. The van der Waals surface area contributed by atoms with E-state index >= 15 is 0 Å². The van der Waals surface area contributed by atoms with Gasteiger partial charge in [0.2, 0.25) is 0 Å². The molecule has 1 fully saturated rings. The zero-order valence-corrected chi connectivity index (χ0v) is 12.0. The second-order valence-corrected chi connectivity index (χ2v) is 5.80. The fraction of sp³-hybridized carbons (Fsp3) is 0.471. The third-order valence-corrected chi connectivity index (χ3v) is 4.31. The Labute approximate surface area is 120 Å². The summed E-state index contributed by atoms with van der Waals surface area (Å²) in [6.07, 6.45) is 7.28. The second kappa shape index (κ2) is 5.80. The number of aromatic nitrogens is 2. The molecular formula is C17H22N2O. The lowest BCUT2D eigenvalue weighted by atomic mass is 10.0. The first kappa shape index (κ1) is 13.4. The van der Waals surface area contributed by atoms with Crippen LogP contribution in [-0.4, -0.2) is 14.9 Å². The van der Waals surface area contributed by atoms with Crippen LogP contribution in [0.15, 0.2) is 36.5 Å². The summed E-state index contributed by atoms with van der Waals surface area (Å²) in [7, 11) is 0. The number of nitrogens with zero attached hydrogens (tertiary/aromatic N) is 2. The first-order valence-electron chi connectivity index (χ1n) is 7.51. The lowest BCUT2D eigenvalue weighted by Crippen LogP contribution is -2.08. The van der Waals surface area contributed by atoms with Gasteiger partial charge in [-0.1, -0.05) is 37.1 Å². The van der Waals surface area contributed by atoms with Crippen molar-refractivity contribution < 1.29 is 5.11 Å². The minimum atomic E-state index is -0.469. The molecule has 1 N–H and O–H groups in total. The van der Waals surface area contributed by atoms with E-state index in [0.29, 0.717) is 12.5 Å². The van der Waals surface area contributed by atoms with Crippen LogP contribution in [0.2, 0.25) is 0 Å². The topological polar surface area (TPSA) is 38.0 Å². The van der Waals surface area contributed by atoms with E-state index in [2.05, 4.69) is 16.0 Å². The predicted octanol–water partition coefficient (Wildman–Crippen LogP) is 3.58. The Morgan fingerprint density at radius 2 is 2.00 bits per heavy atom. The van der Waals surface area contributed by atoms with Gasteiger partial charge in [-0.3, -0.25) is 4.68 Å². The van der Waals surface area contributed by atoms with Gasteiger partial charge >= 0.3 is 0 Å². The number of hydrogen-bond acceptors (Lipinski definition) is 2. The molecule has 1 saturated carbocycles. The molecule has 3 nitrogen and oxygen atoms in total. The first-order chi connectivity index (χ1) is 9.74. The molecule has 2 aromatic rings. The zero-order chi connectivity index (χ0) is 13.9. The molecule has 3 heteroatoms. The maximum absolute atomic E-state index is 10.4. The van der Waals surface area contributed by atoms with Crippen LogP contribution in [-0.2, 0) is 6.42 Å². The van der Waals surface area contributed by atoms with Gasteiger partial charge in [0, 0.05) is 12.6 Å². The molecule has 1 aromatic heterocycles. The lowest BCUT2D eigenvalue weighted by molar-refractivity contribution is 0.176. The van der Waals surface area contributed by atoms with E-state index in [0.717, 1.165) is 16.8 Å². The summed E-state index contributed by atoms with van der Waals surface area (Å²) in [6.45, 7) is 2.04. The monoisotopic (exact) mass is 270 g/mol. The quantitative estimate of drug-likeness (QED) is 0.922. The van der Waals surface area contributed by atoms with Crippen molar-refractivity contribution in [2.24, 2.45) is 0 Å². The van der Waals surface area contributed by atoms with Crippen LogP contribution in [0.3, 0.4) is 0 Å². The summed E-state index contributed by atoms with van der Waals surface area (Å²) in [5.74, 6) is 0. The number of benzene rings is 1. The molecule has 1 aliphatic carbocycles. The van der Waals surface area contributed by atoms with Gasteiger partial charge in [0.15, 0.2) is 0 Å². The molecule has 106 valence electrons. The normalized spacial score (nSPS) is 17.5. The van der Waals surface area contributed by atoms with Crippen molar-refractivity contribution in [2.75, 3.05) is 0 Å². The molecule has 0 aliphatic heterocycles. The molecule has 0 bridgehead atoms. The minimum Gasteiger partial charge on any atom is -0.388 e. The Morgan fingerprint density at radius 3 is 2.75 bits per heavy atom. The SMILES string of the molecule is Cc1ccccc1C(O)Cc1ccn(C2CCCC2)n1. The minimum absolute atomic E-state index is 0.469. The summed E-state index contributed by atoms with van der Waals surface area (Å²) in [4.78, 5) is 0. The van der Waals surface area contributed by atoms with E-state index in [-0.39, 0.29) is 0 Å². The Balaban J connectivity index is 1.70. The number of rotatable bonds is 4. The third kappa shape index (κ3) is 2.78. The van der Waals surface area contributed by atoms with Crippen molar-refractivity contribution in [1.29, 1.82) is 0 Å². The number of aryl methyl sites for hydroxylation is 1. The summed E-state index contributed by atoms with van der Waals surface area (Å²) in [5, 5.41) is 15.0. The van der Waals surface area contributed by atoms with Crippen molar-refractivity contribution in [2.45, 2.75) is 51.2 Å². The molecule has 1 heterocycles. The molecular weight excluding hydrogens is 248 g/mol. The van der Waals surface area contributed by atoms with Crippen molar-refractivity contribution in [3.63, 3.8) is 0 Å². The molecule has 0 amide bonds. The van der Waals surface area contributed by atoms with Gasteiger partial charge < -0.3 is 5.11 Å². The van der Waals surface area contributed by atoms with E-state index < -0.39 is 6.10 Å². The van der Waals surface area contributed by atoms with Crippen LogP contribution in [0.5, 0.6) is 0 Å². The first-order valence-corrected chi connectivity index (χ1v) is 7.51. The highest BCUT2D eigenvalue weighted by molar-refractivity contribution is 5.28. The van der Waals surface area contributed by atoms with Crippen LogP contribution in [0, 0.1) is 6.92 Å². The van der Waals surface area contributed by atoms with Crippen LogP contribution in [0.25, 0.3) is 0 Å². The highest BCUT2D eigenvalue weighted by atomic mass is 16.3.